The summed E-state index contributed by atoms with van der Waals surface area (Å²) >= 11 is 3.46. The maximum Gasteiger partial charge on any atom is 0.255 e. The largest absolute Gasteiger partial charge is 0.376 e. The molecule has 19 heavy (non-hydrogen) atoms. The third-order valence-corrected chi connectivity index (χ3v) is 4.16. The fourth-order valence-electron chi connectivity index (χ4n) is 2.36. The number of likely N-dealkylation sites (N-methyl/N-ethyl adjacent to an activating group) is 1. The summed E-state index contributed by atoms with van der Waals surface area (Å²) in [6.45, 7) is 6.23. The summed E-state index contributed by atoms with van der Waals surface area (Å²) in [6, 6.07) is 5.87. The quantitative estimate of drug-likeness (QED) is 0.849. The molecular weight excluding hydrogens is 306 g/mol. The second-order valence-corrected chi connectivity index (χ2v) is 5.82. The molecule has 1 heterocycles. The van der Waals surface area contributed by atoms with Gasteiger partial charge in [0.2, 0.25) is 0 Å². The molecule has 0 spiro atoms. The summed E-state index contributed by atoms with van der Waals surface area (Å²) in [4.78, 5) is 14.4. The van der Waals surface area contributed by atoms with Crippen molar-refractivity contribution in [3.05, 3.63) is 33.8 Å². The number of hydrogen-bond acceptors (Lipinski definition) is 2. The van der Waals surface area contributed by atoms with Crippen LogP contribution in [0.25, 0.3) is 0 Å². The van der Waals surface area contributed by atoms with Crippen molar-refractivity contribution in [2.75, 3.05) is 19.7 Å². The average molecular weight is 326 g/mol. The number of aryl methyl sites for hydroxylation is 1. The maximum absolute atomic E-state index is 12.6. The van der Waals surface area contributed by atoms with Gasteiger partial charge in [0.05, 0.1) is 11.7 Å². The van der Waals surface area contributed by atoms with Crippen molar-refractivity contribution < 1.29 is 9.53 Å². The van der Waals surface area contributed by atoms with Crippen molar-refractivity contribution in [2.45, 2.75) is 32.8 Å². The summed E-state index contributed by atoms with van der Waals surface area (Å²) in [5.74, 6) is 0.0774. The van der Waals surface area contributed by atoms with Crippen molar-refractivity contribution in [1.29, 1.82) is 0 Å². The van der Waals surface area contributed by atoms with E-state index < -0.39 is 0 Å². The Labute approximate surface area is 123 Å². The van der Waals surface area contributed by atoms with E-state index >= 15 is 0 Å². The molecule has 2 rings (SSSR count). The minimum absolute atomic E-state index is 0.0774. The molecule has 1 atom stereocenters. The highest BCUT2D eigenvalue weighted by Crippen LogP contribution is 2.21. The van der Waals surface area contributed by atoms with E-state index in [1.54, 1.807) is 0 Å². The smallest absolute Gasteiger partial charge is 0.255 e. The van der Waals surface area contributed by atoms with Crippen LogP contribution in [0.3, 0.4) is 0 Å². The molecule has 4 heteroatoms. The predicted octanol–water partition coefficient (Wildman–Crippen LogP) is 3.40. The lowest BCUT2D eigenvalue weighted by Crippen LogP contribution is -2.37. The van der Waals surface area contributed by atoms with E-state index in [4.69, 9.17) is 4.74 Å². The van der Waals surface area contributed by atoms with E-state index in [1.165, 1.54) is 0 Å². The van der Waals surface area contributed by atoms with Crippen LogP contribution in [-0.4, -0.2) is 36.6 Å². The van der Waals surface area contributed by atoms with E-state index in [0.717, 1.165) is 35.0 Å². The van der Waals surface area contributed by atoms with Crippen LogP contribution in [-0.2, 0) is 4.74 Å². The van der Waals surface area contributed by atoms with Gasteiger partial charge in [0.25, 0.3) is 5.91 Å². The Balaban J connectivity index is 2.12. The standard InChI is InChI=1S/C15H20BrNO2/c1-3-17(10-12-5-4-8-19-12)15(18)13-9-11(2)6-7-14(13)16/h6-7,9,12H,3-5,8,10H2,1-2H3. The maximum atomic E-state index is 12.6. The molecule has 1 aromatic rings. The van der Waals surface area contributed by atoms with Crippen molar-refractivity contribution in [3.63, 3.8) is 0 Å². The Bertz CT molecular complexity index is 455. The van der Waals surface area contributed by atoms with Gasteiger partial charge >= 0.3 is 0 Å². The molecule has 1 aromatic carbocycles. The Hall–Kier alpha value is -0.870. The van der Waals surface area contributed by atoms with E-state index in [0.29, 0.717) is 13.1 Å². The number of hydrogen-bond donors (Lipinski definition) is 0. The zero-order valence-corrected chi connectivity index (χ0v) is 13.1. The zero-order valence-electron chi connectivity index (χ0n) is 11.5. The molecule has 104 valence electrons. The third kappa shape index (κ3) is 3.57. The van der Waals surface area contributed by atoms with Crippen LogP contribution in [0.4, 0.5) is 0 Å². The lowest BCUT2D eigenvalue weighted by molar-refractivity contribution is 0.0538. The first-order valence-corrected chi connectivity index (χ1v) is 7.58. The van der Waals surface area contributed by atoms with Crippen LogP contribution in [0.2, 0.25) is 0 Å². The lowest BCUT2D eigenvalue weighted by Gasteiger charge is -2.24. The number of nitrogens with zero attached hydrogens (tertiary/aromatic N) is 1. The molecule has 3 nitrogen and oxygen atoms in total. The molecule has 0 radical (unpaired) electrons. The molecule has 1 aliphatic heterocycles. The number of ether oxygens (including phenoxy) is 1. The highest BCUT2D eigenvalue weighted by molar-refractivity contribution is 9.10. The molecule has 0 aromatic heterocycles. The number of amides is 1. The third-order valence-electron chi connectivity index (χ3n) is 3.47. The van der Waals surface area contributed by atoms with Gasteiger partial charge < -0.3 is 9.64 Å². The van der Waals surface area contributed by atoms with Crippen LogP contribution in [0.5, 0.6) is 0 Å². The Morgan fingerprint density at radius 2 is 2.32 bits per heavy atom. The average Bonchev–Trinajstić information content (AvgIpc) is 2.91. The molecule has 1 unspecified atom stereocenters. The second-order valence-electron chi connectivity index (χ2n) is 4.96. The number of carbonyl (C=O) groups is 1. The molecule has 1 fully saturated rings. The first-order chi connectivity index (χ1) is 9.11. The highest BCUT2D eigenvalue weighted by Gasteiger charge is 2.23. The van der Waals surface area contributed by atoms with Crippen LogP contribution in [0, 0.1) is 6.92 Å². The van der Waals surface area contributed by atoms with Crippen LogP contribution < -0.4 is 0 Å². The van der Waals surface area contributed by atoms with Gasteiger partial charge in [0.1, 0.15) is 0 Å². The van der Waals surface area contributed by atoms with Crippen molar-refractivity contribution in [3.8, 4) is 0 Å². The summed E-state index contributed by atoms with van der Waals surface area (Å²) in [5, 5.41) is 0. The summed E-state index contributed by atoms with van der Waals surface area (Å²) < 4.78 is 6.48. The van der Waals surface area contributed by atoms with Gasteiger partial charge in [-0.1, -0.05) is 11.6 Å². The summed E-state index contributed by atoms with van der Waals surface area (Å²) in [5.41, 5.74) is 1.83. The van der Waals surface area contributed by atoms with E-state index in [-0.39, 0.29) is 12.0 Å². The van der Waals surface area contributed by atoms with Crippen molar-refractivity contribution in [1.82, 2.24) is 4.90 Å². The fourth-order valence-corrected chi connectivity index (χ4v) is 2.78. The van der Waals surface area contributed by atoms with Gasteiger partial charge in [-0.15, -0.1) is 0 Å². The van der Waals surface area contributed by atoms with Gasteiger partial charge in [0.15, 0.2) is 0 Å². The van der Waals surface area contributed by atoms with Crippen LogP contribution >= 0.6 is 15.9 Å². The van der Waals surface area contributed by atoms with E-state index in [2.05, 4.69) is 15.9 Å². The van der Waals surface area contributed by atoms with Gasteiger partial charge in [-0.25, -0.2) is 0 Å². The zero-order chi connectivity index (χ0) is 13.8. The summed E-state index contributed by atoms with van der Waals surface area (Å²) in [6.07, 6.45) is 2.36. The van der Waals surface area contributed by atoms with E-state index in [1.807, 2.05) is 36.9 Å². The molecule has 0 aliphatic carbocycles. The fraction of sp³-hybridized carbons (Fsp3) is 0.533. The van der Waals surface area contributed by atoms with Crippen molar-refractivity contribution >= 4 is 21.8 Å². The minimum Gasteiger partial charge on any atom is -0.376 e. The monoisotopic (exact) mass is 325 g/mol. The molecule has 1 aliphatic rings. The Morgan fingerprint density at radius 3 is 2.95 bits per heavy atom. The normalized spacial score (nSPS) is 18.6. The topological polar surface area (TPSA) is 29.5 Å². The second kappa shape index (κ2) is 6.53. The van der Waals surface area contributed by atoms with Crippen molar-refractivity contribution in [2.24, 2.45) is 0 Å². The first-order valence-electron chi connectivity index (χ1n) is 6.79. The van der Waals surface area contributed by atoms with Crippen LogP contribution in [0.1, 0.15) is 35.7 Å². The van der Waals surface area contributed by atoms with Gasteiger partial charge in [-0.2, -0.15) is 0 Å². The van der Waals surface area contributed by atoms with Crippen LogP contribution in [0.15, 0.2) is 22.7 Å². The molecule has 0 saturated carbocycles. The number of halogens is 1. The molecule has 0 N–H and O–H groups in total. The van der Waals surface area contributed by atoms with Gasteiger partial charge in [-0.3, -0.25) is 4.79 Å². The van der Waals surface area contributed by atoms with Gasteiger partial charge in [-0.05, 0) is 54.8 Å². The number of benzene rings is 1. The first kappa shape index (κ1) is 14.5. The Morgan fingerprint density at radius 1 is 1.53 bits per heavy atom. The highest BCUT2D eigenvalue weighted by atomic mass is 79.9. The number of carbonyl (C=O) groups excluding carboxylic acids is 1. The SMILES string of the molecule is CCN(CC1CCCO1)C(=O)c1cc(C)ccc1Br. The molecule has 1 amide bonds. The molecule has 0 bridgehead atoms. The molecular formula is C15H20BrNO2. The van der Waals surface area contributed by atoms with Gasteiger partial charge in [0, 0.05) is 24.2 Å². The lowest BCUT2D eigenvalue weighted by atomic mass is 10.1. The Kier molecular flexibility index (Phi) is 4.99. The predicted molar refractivity (Wildman–Crippen MR) is 79.4 cm³/mol. The minimum atomic E-state index is 0.0774. The molecule has 1 saturated heterocycles. The summed E-state index contributed by atoms with van der Waals surface area (Å²) in [7, 11) is 0. The van der Waals surface area contributed by atoms with E-state index in [9.17, 15) is 4.79 Å². The number of rotatable bonds is 4.